The molecule has 3 aromatic rings. The van der Waals surface area contributed by atoms with Crippen LogP contribution in [0.1, 0.15) is 57.9 Å². The Hall–Kier alpha value is -3.12. The van der Waals surface area contributed by atoms with Crippen molar-refractivity contribution in [2.45, 2.75) is 46.3 Å². The lowest BCUT2D eigenvalue weighted by atomic mass is 9.86. The number of alkyl halides is 3. The Morgan fingerprint density at radius 2 is 1.61 bits per heavy atom. The molecule has 0 saturated carbocycles. The van der Waals surface area contributed by atoms with Crippen molar-refractivity contribution < 1.29 is 18.0 Å². The summed E-state index contributed by atoms with van der Waals surface area (Å²) in [5.41, 5.74) is 3.85. The van der Waals surface area contributed by atoms with Crippen LogP contribution in [0.4, 0.5) is 13.2 Å². The lowest BCUT2D eigenvalue weighted by molar-refractivity contribution is -0.138. The van der Waals surface area contributed by atoms with Gasteiger partial charge in [0.05, 0.1) is 5.56 Å². The molecule has 3 nitrogen and oxygen atoms in total. The molecule has 202 valence electrons. The third kappa shape index (κ3) is 6.65. The number of aryl methyl sites for hydroxylation is 2. The molecule has 0 bridgehead atoms. The van der Waals surface area contributed by atoms with Crippen molar-refractivity contribution in [2.24, 2.45) is 11.8 Å². The number of carbonyl (C=O) groups is 1. The lowest BCUT2D eigenvalue weighted by Crippen LogP contribution is -2.39. The van der Waals surface area contributed by atoms with E-state index in [4.69, 9.17) is 0 Å². The van der Waals surface area contributed by atoms with Gasteiger partial charge in [-0.05, 0) is 60.6 Å². The predicted octanol–water partition coefficient (Wildman–Crippen LogP) is 7.34. The maximum absolute atomic E-state index is 13.7. The highest BCUT2D eigenvalue weighted by molar-refractivity contribution is 5.94. The molecule has 0 N–H and O–H groups in total. The van der Waals surface area contributed by atoms with Crippen LogP contribution in [-0.4, -0.2) is 41.9 Å². The van der Waals surface area contributed by atoms with Gasteiger partial charge in [0, 0.05) is 44.2 Å². The summed E-state index contributed by atoms with van der Waals surface area (Å²) in [5.74, 6) is 0.512. The average Bonchev–Trinajstić information content (AvgIpc) is 3.25. The van der Waals surface area contributed by atoms with Gasteiger partial charge in [-0.15, -0.1) is 0 Å². The third-order valence-corrected chi connectivity index (χ3v) is 7.45. The number of hydrogen-bond donors (Lipinski definition) is 0. The van der Waals surface area contributed by atoms with Gasteiger partial charge in [0.15, 0.2) is 0 Å². The van der Waals surface area contributed by atoms with Crippen LogP contribution in [0.5, 0.6) is 0 Å². The molecule has 0 radical (unpaired) electrons. The number of nitrogens with zero attached hydrogens (tertiary/aromatic N) is 2. The molecule has 2 unspecified atom stereocenters. The van der Waals surface area contributed by atoms with Gasteiger partial charge in [0.25, 0.3) is 5.91 Å². The standard InChI is InChI=1S/C32H37F3N2O/c1-22(2)17-37(31(38)25-15-13-23(3)14-16-25)20-27-19-36(21-29(27)28-11-7-5-9-24(28)4)18-26-10-6-8-12-30(26)32(33,34)35/h5-16,22,27,29H,17-21H2,1-4H3. The van der Waals surface area contributed by atoms with Crippen molar-refractivity contribution in [3.63, 3.8) is 0 Å². The fourth-order valence-electron chi connectivity index (χ4n) is 5.65. The van der Waals surface area contributed by atoms with Crippen LogP contribution in [-0.2, 0) is 12.7 Å². The minimum absolute atomic E-state index is 0.00287. The molecular weight excluding hydrogens is 485 g/mol. The molecular formula is C32H37F3N2O. The van der Waals surface area contributed by atoms with Crippen LogP contribution in [0, 0.1) is 25.7 Å². The zero-order valence-electron chi connectivity index (χ0n) is 22.6. The Labute approximate surface area is 224 Å². The van der Waals surface area contributed by atoms with Gasteiger partial charge in [-0.2, -0.15) is 13.2 Å². The van der Waals surface area contributed by atoms with E-state index in [1.54, 1.807) is 12.1 Å². The second-order valence-corrected chi connectivity index (χ2v) is 11.0. The number of rotatable bonds is 8. The predicted molar refractivity (Wildman–Crippen MR) is 146 cm³/mol. The largest absolute Gasteiger partial charge is 0.416 e. The summed E-state index contributed by atoms with van der Waals surface area (Å²) in [6, 6.07) is 21.7. The number of likely N-dealkylation sites (tertiary alicyclic amines) is 1. The van der Waals surface area contributed by atoms with Crippen LogP contribution >= 0.6 is 0 Å². The van der Waals surface area contributed by atoms with Crippen molar-refractivity contribution >= 4 is 5.91 Å². The SMILES string of the molecule is Cc1ccc(C(=O)N(CC(C)C)CC2CN(Cc3ccccc3C(F)(F)F)CC2c2ccccc2C)cc1. The van der Waals surface area contributed by atoms with Crippen molar-refractivity contribution in [3.05, 3.63) is 106 Å². The normalized spacial score (nSPS) is 18.2. The monoisotopic (exact) mass is 522 g/mol. The molecule has 0 spiro atoms. The quantitative estimate of drug-likeness (QED) is 0.309. The Balaban J connectivity index is 1.63. The third-order valence-electron chi connectivity index (χ3n) is 7.45. The topological polar surface area (TPSA) is 23.6 Å². The van der Waals surface area contributed by atoms with Crippen LogP contribution in [0.15, 0.2) is 72.8 Å². The molecule has 0 aromatic heterocycles. The van der Waals surface area contributed by atoms with Crippen LogP contribution in [0.25, 0.3) is 0 Å². The Bertz CT molecular complexity index is 1240. The summed E-state index contributed by atoms with van der Waals surface area (Å²) < 4.78 is 41.1. The molecule has 2 atom stereocenters. The van der Waals surface area contributed by atoms with Crippen molar-refractivity contribution in [2.75, 3.05) is 26.2 Å². The molecule has 6 heteroatoms. The smallest absolute Gasteiger partial charge is 0.338 e. The van der Waals surface area contributed by atoms with E-state index in [2.05, 4.69) is 37.8 Å². The average molecular weight is 523 g/mol. The van der Waals surface area contributed by atoms with Crippen LogP contribution in [0.3, 0.4) is 0 Å². The molecule has 4 rings (SSSR count). The number of carbonyl (C=O) groups excluding carboxylic acids is 1. The molecule has 1 fully saturated rings. The first-order valence-electron chi connectivity index (χ1n) is 13.3. The number of halogens is 3. The van der Waals surface area contributed by atoms with Gasteiger partial charge in [-0.1, -0.05) is 74.0 Å². The Morgan fingerprint density at radius 3 is 2.26 bits per heavy atom. The summed E-state index contributed by atoms with van der Waals surface area (Å²) in [4.78, 5) is 17.7. The molecule has 1 amide bonds. The van der Waals surface area contributed by atoms with E-state index in [-0.39, 0.29) is 30.2 Å². The second kappa shape index (κ2) is 11.7. The lowest BCUT2D eigenvalue weighted by Gasteiger charge is -2.30. The van der Waals surface area contributed by atoms with Gasteiger partial charge < -0.3 is 4.90 Å². The molecule has 1 aliphatic rings. The zero-order valence-corrected chi connectivity index (χ0v) is 22.6. The molecule has 0 aliphatic carbocycles. The van der Waals surface area contributed by atoms with E-state index >= 15 is 0 Å². The first kappa shape index (κ1) is 27.9. The molecule has 1 heterocycles. The highest BCUT2D eigenvalue weighted by Crippen LogP contribution is 2.38. The van der Waals surface area contributed by atoms with E-state index in [0.29, 0.717) is 37.3 Å². The first-order chi connectivity index (χ1) is 18.0. The van der Waals surface area contributed by atoms with E-state index in [0.717, 1.165) is 11.6 Å². The van der Waals surface area contributed by atoms with Gasteiger partial charge in [-0.25, -0.2) is 0 Å². The van der Waals surface area contributed by atoms with E-state index < -0.39 is 11.7 Å². The minimum atomic E-state index is -4.39. The minimum Gasteiger partial charge on any atom is -0.338 e. The van der Waals surface area contributed by atoms with Gasteiger partial charge in [0.2, 0.25) is 0 Å². The number of benzene rings is 3. The summed E-state index contributed by atoms with van der Waals surface area (Å²) in [5, 5.41) is 0. The van der Waals surface area contributed by atoms with E-state index in [1.165, 1.54) is 17.2 Å². The number of amides is 1. The molecule has 1 aliphatic heterocycles. The summed E-state index contributed by atoms with van der Waals surface area (Å²) in [6.45, 7) is 11.0. The second-order valence-electron chi connectivity index (χ2n) is 11.0. The highest BCUT2D eigenvalue weighted by Gasteiger charge is 2.38. The molecule has 38 heavy (non-hydrogen) atoms. The van der Waals surface area contributed by atoms with Crippen LogP contribution < -0.4 is 0 Å². The fraction of sp³-hybridized carbons (Fsp3) is 0.406. The summed E-state index contributed by atoms with van der Waals surface area (Å²) in [6.07, 6.45) is -4.39. The number of hydrogen-bond acceptors (Lipinski definition) is 2. The van der Waals surface area contributed by atoms with E-state index in [9.17, 15) is 18.0 Å². The summed E-state index contributed by atoms with van der Waals surface area (Å²) >= 11 is 0. The van der Waals surface area contributed by atoms with Crippen molar-refractivity contribution in [1.29, 1.82) is 0 Å². The van der Waals surface area contributed by atoms with Crippen molar-refractivity contribution in [3.8, 4) is 0 Å². The molecule has 3 aromatic carbocycles. The molecule has 1 saturated heterocycles. The Kier molecular flexibility index (Phi) is 8.61. The fourth-order valence-corrected chi connectivity index (χ4v) is 5.65. The Morgan fingerprint density at radius 1 is 0.947 bits per heavy atom. The maximum Gasteiger partial charge on any atom is 0.416 e. The summed E-state index contributed by atoms with van der Waals surface area (Å²) in [7, 11) is 0. The van der Waals surface area contributed by atoms with Gasteiger partial charge >= 0.3 is 6.18 Å². The van der Waals surface area contributed by atoms with Crippen LogP contribution in [0.2, 0.25) is 0 Å². The van der Waals surface area contributed by atoms with Crippen molar-refractivity contribution in [1.82, 2.24) is 9.80 Å². The highest BCUT2D eigenvalue weighted by atomic mass is 19.4. The van der Waals surface area contributed by atoms with Gasteiger partial charge in [0.1, 0.15) is 0 Å². The first-order valence-corrected chi connectivity index (χ1v) is 13.3. The zero-order chi connectivity index (χ0) is 27.4. The van der Waals surface area contributed by atoms with Gasteiger partial charge in [-0.3, -0.25) is 9.69 Å². The maximum atomic E-state index is 13.7. The van der Waals surface area contributed by atoms with E-state index in [1.807, 2.05) is 48.2 Å².